The number of nitrogens with zero attached hydrogens (tertiary/aromatic N) is 2. The summed E-state index contributed by atoms with van der Waals surface area (Å²) in [5, 5.41) is 7.65. The number of rotatable bonds is 5. The van der Waals surface area contributed by atoms with Crippen molar-refractivity contribution in [2.75, 3.05) is 41.8 Å². The molecule has 3 aliphatic heterocycles. The number of para-hydroxylation sites is 1. The molecule has 3 atom stereocenters. The molecule has 7 heteroatoms. The fraction of sp³-hybridized carbons (Fsp3) is 0.200. The van der Waals surface area contributed by atoms with Gasteiger partial charge in [-0.2, -0.15) is 0 Å². The quantitative estimate of drug-likeness (QED) is 0.340. The van der Waals surface area contributed by atoms with Crippen molar-refractivity contribution < 1.29 is 14.2 Å². The van der Waals surface area contributed by atoms with Crippen LogP contribution in [0, 0.1) is 0 Å². The third-order valence-corrected chi connectivity index (χ3v) is 7.60. The van der Waals surface area contributed by atoms with E-state index in [-0.39, 0.29) is 18.5 Å². The van der Waals surface area contributed by atoms with E-state index < -0.39 is 0 Å². The van der Waals surface area contributed by atoms with E-state index in [0.717, 1.165) is 45.6 Å². The number of nitrogens with one attached hydrogen (secondary N) is 2. The van der Waals surface area contributed by atoms with E-state index in [9.17, 15) is 0 Å². The standard InChI is InChI=1S/C30H28N4O3/c1-35-19-9-12-25-22(15-19)30-33-27-14-11-21(37-3)17-24(27)29(32-25)34(30)26-13-10-20(36-2)16-23(26)28(33)31-18-7-5-4-6-8-18/h4-17,28-32H,1-3H3/t28-,29+,30-/m0/s1. The lowest BCUT2D eigenvalue weighted by molar-refractivity contribution is 0.398. The van der Waals surface area contributed by atoms with Crippen LogP contribution < -0.4 is 34.6 Å². The van der Waals surface area contributed by atoms with Crippen molar-refractivity contribution in [3.63, 3.8) is 0 Å². The third-order valence-electron chi connectivity index (χ3n) is 7.60. The first kappa shape index (κ1) is 21.7. The van der Waals surface area contributed by atoms with Gasteiger partial charge in [-0.1, -0.05) is 18.2 Å². The largest absolute Gasteiger partial charge is 0.497 e. The zero-order chi connectivity index (χ0) is 25.1. The van der Waals surface area contributed by atoms with Crippen LogP contribution in [0.25, 0.3) is 0 Å². The Kier molecular flexibility index (Phi) is 4.86. The van der Waals surface area contributed by atoms with Gasteiger partial charge in [0.15, 0.2) is 0 Å². The van der Waals surface area contributed by atoms with E-state index in [1.165, 1.54) is 11.1 Å². The summed E-state index contributed by atoms with van der Waals surface area (Å²) < 4.78 is 17.0. The highest BCUT2D eigenvalue weighted by Crippen LogP contribution is 2.60. The van der Waals surface area contributed by atoms with E-state index >= 15 is 0 Å². The third kappa shape index (κ3) is 3.20. The van der Waals surface area contributed by atoms with Crippen molar-refractivity contribution in [1.29, 1.82) is 0 Å². The molecule has 0 aliphatic carbocycles. The first-order valence-electron chi connectivity index (χ1n) is 12.4. The molecule has 186 valence electrons. The van der Waals surface area contributed by atoms with Gasteiger partial charge in [-0.25, -0.2) is 0 Å². The summed E-state index contributed by atoms with van der Waals surface area (Å²) in [7, 11) is 5.14. The average molecular weight is 493 g/mol. The van der Waals surface area contributed by atoms with Crippen LogP contribution in [0.1, 0.15) is 35.2 Å². The molecule has 4 aromatic rings. The predicted molar refractivity (Wildman–Crippen MR) is 146 cm³/mol. The Morgan fingerprint density at radius 3 is 1.92 bits per heavy atom. The van der Waals surface area contributed by atoms with Crippen molar-refractivity contribution in [1.82, 2.24) is 0 Å². The maximum atomic E-state index is 5.67. The lowest BCUT2D eigenvalue weighted by atomic mass is 9.88. The SMILES string of the molecule is COc1ccc2c(c1)[C@H]1N3c4ccc(OC)cc4[C@H](N2)N1c1ccc(OC)cc1[C@H]3Nc1ccccc1. The molecule has 0 radical (unpaired) electrons. The predicted octanol–water partition coefficient (Wildman–Crippen LogP) is 6.29. The molecule has 2 N–H and O–H groups in total. The summed E-state index contributed by atoms with van der Waals surface area (Å²) in [6.07, 6.45) is -0.282. The molecule has 0 saturated heterocycles. The molecule has 0 unspecified atom stereocenters. The molecule has 7 rings (SSSR count). The highest BCUT2D eigenvalue weighted by atomic mass is 16.5. The number of benzene rings is 4. The second-order valence-corrected chi connectivity index (χ2v) is 9.45. The van der Waals surface area contributed by atoms with E-state index in [2.05, 4.69) is 81.1 Å². The average Bonchev–Trinajstić information content (AvgIpc) is 2.96. The van der Waals surface area contributed by atoms with Gasteiger partial charge >= 0.3 is 0 Å². The Hall–Kier alpha value is -4.52. The van der Waals surface area contributed by atoms with Crippen LogP contribution in [0.3, 0.4) is 0 Å². The van der Waals surface area contributed by atoms with E-state index in [4.69, 9.17) is 14.2 Å². The van der Waals surface area contributed by atoms with E-state index in [1.54, 1.807) is 21.3 Å². The summed E-state index contributed by atoms with van der Waals surface area (Å²) in [4.78, 5) is 4.93. The van der Waals surface area contributed by atoms with Gasteiger partial charge in [-0.15, -0.1) is 0 Å². The van der Waals surface area contributed by atoms with E-state index in [0.29, 0.717) is 0 Å². The van der Waals surface area contributed by atoms with Crippen LogP contribution in [0.2, 0.25) is 0 Å². The van der Waals surface area contributed by atoms with Gasteiger partial charge in [0.2, 0.25) is 0 Å². The molecule has 4 aromatic carbocycles. The summed E-state index contributed by atoms with van der Waals surface area (Å²) in [5.74, 6) is 2.50. The maximum absolute atomic E-state index is 5.67. The number of fused-ring (bicyclic) bond motifs is 5. The van der Waals surface area contributed by atoms with E-state index in [1.807, 2.05) is 24.3 Å². The van der Waals surface area contributed by atoms with Crippen molar-refractivity contribution >= 4 is 22.7 Å². The second-order valence-electron chi connectivity index (χ2n) is 9.45. The summed E-state index contributed by atoms with van der Waals surface area (Å²) >= 11 is 0. The first-order chi connectivity index (χ1) is 18.2. The Balaban J connectivity index is 1.51. The van der Waals surface area contributed by atoms with Crippen molar-refractivity contribution in [2.24, 2.45) is 0 Å². The van der Waals surface area contributed by atoms with Crippen molar-refractivity contribution in [2.45, 2.75) is 18.5 Å². The molecule has 0 fully saturated rings. The number of anilines is 4. The second kappa shape index (κ2) is 8.27. The van der Waals surface area contributed by atoms with Crippen LogP contribution in [0.15, 0.2) is 84.9 Å². The molecule has 0 spiro atoms. The topological polar surface area (TPSA) is 58.2 Å². The van der Waals surface area contributed by atoms with Gasteiger partial charge in [0.1, 0.15) is 35.7 Å². The van der Waals surface area contributed by atoms with Crippen molar-refractivity contribution in [3.05, 3.63) is 102 Å². The van der Waals surface area contributed by atoms with Crippen LogP contribution in [-0.2, 0) is 0 Å². The lowest BCUT2D eigenvalue weighted by Crippen LogP contribution is -2.58. The molecule has 0 saturated carbocycles. The van der Waals surface area contributed by atoms with Crippen molar-refractivity contribution in [3.8, 4) is 17.2 Å². The molecular formula is C30H28N4O3. The molecule has 3 aliphatic rings. The molecule has 3 heterocycles. The summed E-state index contributed by atoms with van der Waals surface area (Å²) in [5.41, 5.74) is 7.92. The minimum atomic E-state index is -0.154. The minimum Gasteiger partial charge on any atom is -0.497 e. The molecule has 0 amide bonds. The monoisotopic (exact) mass is 492 g/mol. The zero-order valence-corrected chi connectivity index (χ0v) is 20.9. The summed E-state index contributed by atoms with van der Waals surface area (Å²) in [6.45, 7) is 0. The van der Waals surface area contributed by atoms with Crippen LogP contribution in [0.4, 0.5) is 22.7 Å². The van der Waals surface area contributed by atoms with Crippen LogP contribution >= 0.6 is 0 Å². The number of ether oxygens (including phenoxy) is 3. The lowest BCUT2D eigenvalue weighted by Gasteiger charge is -2.60. The smallest absolute Gasteiger partial charge is 0.134 e. The maximum Gasteiger partial charge on any atom is 0.134 e. The molecule has 37 heavy (non-hydrogen) atoms. The fourth-order valence-electron chi connectivity index (χ4n) is 5.93. The minimum absolute atomic E-state index is 0.0562. The molecular weight excluding hydrogens is 464 g/mol. The van der Waals surface area contributed by atoms with Crippen LogP contribution in [-0.4, -0.2) is 21.3 Å². The number of hydrogen-bond acceptors (Lipinski definition) is 7. The molecule has 0 aromatic heterocycles. The highest BCUT2D eigenvalue weighted by Gasteiger charge is 2.51. The van der Waals surface area contributed by atoms with Gasteiger partial charge in [-0.3, -0.25) is 0 Å². The van der Waals surface area contributed by atoms with Crippen LogP contribution in [0.5, 0.6) is 17.2 Å². The van der Waals surface area contributed by atoms with Gasteiger partial charge in [0.05, 0.1) is 21.3 Å². The first-order valence-corrected chi connectivity index (χ1v) is 12.4. The van der Waals surface area contributed by atoms with Gasteiger partial charge in [0, 0.05) is 39.4 Å². The Labute approximate surface area is 216 Å². The molecule has 7 nitrogen and oxygen atoms in total. The Morgan fingerprint density at radius 1 is 0.649 bits per heavy atom. The zero-order valence-electron chi connectivity index (χ0n) is 20.9. The number of hydrogen-bond donors (Lipinski definition) is 2. The normalized spacial score (nSPS) is 20.1. The Morgan fingerprint density at radius 2 is 1.24 bits per heavy atom. The van der Waals surface area contributed by atoms with Gasteiger partial charge in [-0.05, 0) is 66.7 Å². The fourth-order valence-corrected chi connectivity index (χ4v) is 5.93. The molecule has 4 bridgehead atoms. The highest BCUT2D eigenvalue weighted by molar-refractivity contribution is 5.81. The Bertz CT molecular complexity index is 1490. The summed E-state index contributed by atoms with van der Waals surface area (Å²) in [6, 6.07) is 29.3. The van der Waals surface area contributed by atoms with Gasteiger partial charge < -0.3 is 34.6 Å². The van der Waals surface area contributed by atoms with Gasteiger partial charge in [0.25, 0.3) is 0 Å². The number of methoxy groups -OCH3 is 3.